The highest BCUT2D eigenvalue weighted by Crippen LogP contribution is 2.28. The molecule has 4 amide bonds. The molecule has 0 unspecified atom stereocenters. The Kier molecular flexibility index (Phi) is 14.0. The first kappa shape index (κ1) is 41.3. The lowest BCUT2D eigenvalue weighted by Gasteiger charge is -2.32. The van der Waals surface area contributed by atoms with E-state index >= 15 is 0 Å². The first-order chi connectivity index (χ1) is 28.0. The molecule has 3 heterocycles. The Hall–Kier alpha value is -6.31. The molecule has 7 rings (SSSR count). The highest BCUT2D eigenvalue weighted by Gasteiger charge is 2.18. The van der Waals surface area contributed by atoms with E-state index in [1.165, 1.54) is 12.3 Å². The molecule has 294 valence electrons. The molecule has 6 aromatic rings. The highest BCUT2D eigenvalue weighted by atomic mass is 35.5. The van der Waals surface area contributed by atoms with Crippen molar-refractivity contribution >= 4 is 87.0 Å². The van der Waals surface area contributed by atoms with Crippen LogP contribution in [0.4, 0.5) is 28.6 Å². The quantitative estimate of drug-likeness (QED) is 0.0904. The molecular weight excluding hydrogens is 799 g/mol. The number of aromatic nitrogens is 2. The third kappa shape index (κ3) is 11.4. The number of benzene rings is 4. The smallest absolute Gasteiger partial charge is 0.257 e. The van der Waals surface area contributed by atoms with Crippen LogP contribution in [0.25, 0.3) is 0 Å². The number of pyridine rings is 2. The molecule has 1 aliphatic heterocycles. The second-order valence-electron chi connectivity index (χ2n) is 13.0. The standard InChI is InChI=1S/C24H24ClN5O2.C19H13Cl2N3O2/c1-16-15-30(12-11-26-16)22-10-7-18(14-27-22)24(32)28-19-8-9-20(25)21(13-19)29-23(31)17-5-3-2-4-6-17;20-15-8-7-14(23-19(26)13-6-9-17(21)22-11-13)10-16(15)24-18(25)12-4-2-1-3-5-12/h2-10,13-14,16,26H,11-12,15H2,1H3,(H,28,32)(H,29,31);1-11H,(H,23,26)(H,24,25)/t16-;/m0./s1. The summed E-state index contributed by atoms with van der Waals surface area (Å²) in [5.74, 6) is -0.361. The summed E-state index contributed by atoms with van der Waals surface area (Å²) in [4.78, 5) is 60.2. The number of nitrogens with zero attached hydrogens (tertiary/aromatic N) is 3. The molecule has 0 radical (unpaired) electrons. The molecule has 0 aliphatic carbocycles. The van der Waals surface area contributed by atoms with Gasteiger partial charge in [-0.3, -0.25) is 19.2 Å². The van der Waals surface area contributed by atoms with Crippen LogP contribution in [0, 0.1) is 0 Å². The molecule has 0 saturated carbocycles. The van der Waals surface area contributed by atoms with Crippen molar-refractivity contribution in [2.75, 3.05) is 45.8 Å². The van der Waals surface area contributed by atoms with Crippen LogP contribution in [-0.2, 0) is 0 Å². The number of amides is 4. The van der Waals surface area contributed by atoms with E-state index in [4.69, 9.17) is 34.8 Å². The summed E-state index contributed by atoms with van der Waals surface area (Å²) in [5.41, 5.74) is 3.64. The van der Waals surface area contributed by atoms with Gasteiger partial charge in [-0.25, -0.2) is 9.97 Å². The Morgan fingerprint density at radius 3 is 1.52 bits per heavy atom. The van der Waals surface area contributed by atoms with Gasteiger partial charge in [0.15, 0.2) is 0 Å². The Morgan fingerprint density at radius 2 is 1.07 bits per heavy atom. The summed E-state index contributed by atoms with van der Waals surface area (Å²) < 4.78 is 0. The van der Waals surface area contributed by atoms with Gasteiger partial charge in [0.05, 0.1) is 32.5 Å². The summed E-state index contributed by atoms with van der Waals surface area (Å²) in [5, 5.41) is 15.5. The predicted octanol–water partition coefficient (Wildman–Crippen LogP) is 8.93. The summed E-state index contributed by atoms with van der Waals surface area (Å²) in [6.07, 6.45) is 2.96. The molecule has 1 atom stereocenters. The van der Waals surface area contributed by atoms with Crippen molar-refractivity contribution in [1.82, 2.24) is 15.3 Å². The zero-order valence-electron chi connectivity index (χ0n) is 31.0. The fourth-order valence-corrected chi connectivity index (χ4v) is 6.17. The molecule has 5 N–H and O–H groups in total. The van der Waals surface area contributed by atoms with E-state index in [9.17, 15) is 19.2 Å². The second-order valence-corrected chi connectivity index (χ2v) is 14.2. The van der Waals surface area contributed by atoms with Gasteiger partial charge in [-0.2, -0.15) is 0 Å². The molecule has 12 nitrogen and oxygen atoms in total. The average molecular weight is 836 g/mol. The number of carbonyl (C=O) groups is 4. The van der Waals surface area contributed by atoms with Gasteiger partial charge >= 0.3 is 0 Å². The van der Waals surface area contributed by atoms with Gasteiger partial charge in [0.2, 0.25) is 0 Å². The van der Waals surface area contributed by atoms with Crippen molar-refractivity contribution in [3.05, 3.63) is 171 Å². The monoisotopic (exact) mass is 834 g/mol. The molecule has 15 heteroatoms. The zero-order chi connectivity index (χ0) is 41.0. The SMILES string of the molecule is C[C@H]1CN(c2ccc(C(=O)Nc3ccc(Cl)c(NC(=O)c4ccccc4)c3)cn2)CCN1.O=C(Nc1ccc(Cl)c(NC(=O)c2ccccc2)c1)c1ccc(Cl)nc1. The van der Waals surface area contributed by atoms with Gasteiger partial charge in [-0.1, -0.05) is 71.2 Å². The lowest BCUT2D eigenvalue weighted by atomic mass is 10.2. The molecule has 1 saturated heterocycles. The fraction of sp³-hybridized carbons (Fsp3) is 0.116. The Balaban J connectivity index is 0.000000200. The van der Waals surface area contributed by atoms with Crippen molar-refractivity contribution in [2.24, 2.45) is 0 Å². The number of nitrogens with one attached hydrogen (secondary N) is 5. The van der Waals surface area contributed by atoms with E-state index in [0.717, 1.165) is 25.5 Å². The lowest BCUT2D eigenvalue weighted by Crippen LogP contribution is -2.49. The number of carbonyl (C=O) groups excluding carboxylic acids is 4. The van der Waals surface area contributed by atoms with E-state index < -0.39 is 0 Å². The number of piperazine rings is 1. The second kappa shape index (κ2) is 19.7. The molecule has 0 spiro atoms. The summed E-state index contributed by atoms with van der Waals surface area (Å²) in [7, 11) is 0. The van der Waals surface area contributed by atoms with Crippen LogP contribution < -0.4 is 31.5 Å². The van der Waals surface area contributed by atoms with Crippen LogP contribution in [0.1, 0.15) is 48.4 Å². The minimum Gasteiger partial charge on any atom is -0.354 e. The Bertz CT molecular complexity index is 2390. The topological polar surface area (TPSA) is 157 Å². The van der Waals surface area contributed by atoms with Crippen LogP contribution in [0.5, 0.6) is 0 Å². The van der Waals surface area contributed by atoms with Gasteiger partial charge in [0.1, 0.15) is 11.0 Å². The highest BCUT2D eigenvalue weighted by molar-refractivity contribution is 6.34. The van der Waals surface area contributed by atoms with Crippen LogP contribution in [0.3, 0.4) is 0 Å². The molecule has 4 aromatic carbocycles. The lowest BCUT2D eigenvalue weighted by molar-refractivity contribution is 0.101. The third-order valence-corrected chi connectivity index (χ3v) is 9.59. The van der Waals surface area contributed by atoms with E-state index in [2.05, 4.69) is 48.4 Å². The molecule has 1 fully saturated rings. The first-order valence-corrected chi connectivity index (χ1v) is 19.2. The van der Waals surface area contributed by atoms with Gasteiger partial charge in [0.25, 0.3) is 23.6 Å². The van der Waals surface area contributed by atoms with Crippen molar-refractivity contribution in [2.45, 2.75) is 13.0 Å². The fourth-order valence-electron chi connectivity index (χ4n) is 5.73. The van der Waals surface area contributed by atoms with Gasteiger partial charge in [0, 0.05) is 60.6 Å². The average Bonchev–Trinajstić information content (AvgIpc) is 3.24. The normalized spacial score (nSPS) is 13.3. The summed E-state index contributed by atoms with van der Waals surface area (Å²) in [6, 6.07) is 34.5. The van der Waals surface area contributed by atoms with E-state index in [0.29, 0.717) is 66.2 Å². The van der Waals surface area contributed by atoms with Crippen LogP contribution >= 0.6 is 34.8 Å². The Labute approximate surface area is 350 Å². The van der Waals surface area contributed by atoms with Crippen molar-refractivity contribution in [3.8, 4) is 0 Å². The molecule has 2 aromatic heterocycles. The number of anilines is 5. The predicted molar refractivity (Wildman–Crippen MR) is 231 cm³/mol. The molecule has 1 aliphatic rings. The van der Waals surface area contributed by atoms with Gasteiger partial charge < -0.3 is 31.5 Å². The van der Waals surface area contributed by atoms with Gasteiger partial charge in [-0.15, -0.1) is 0 Å². The molecule has 0 bridgehead atoms. The maximum atomic E-state index is 12.7. The third-order valence-electron chi connectivity index (χ3n) is 8.71. The maximum absolute atomic E-state index is 12.7. The summed E-state index contributed by atoms with van der Waals surface area (Å²) >= 11 is 18.1. The first-order valence-electron chi connectivity index (χ1n) is 18.0. The van der Waals surface area contributed by atoms with Crippen LogP contribution in [0.2, 0.25) is 15.2 Å². The van der Waals surface area contributed by atoms with Crippen molar-refractivity contribution < 1.29 is 19.2 Å². The Morgan fingerprint density at radius 1 is 0.586 bits per heavy atom. The van der Waals surface area contributed by atoms with Crippen LogP contribution in [0.15, 0.2) is 134 Å². The van der Waals surface area contributed by atoms with E-state index in [1.807, 2.05) is 18.2 Å². The molecule has 58 heavy (non-hydrogen) atoms. The van der Waals surface area contributed by atoms with Crippen molar-refractivity contribution in [1.29, 1.82) is 0 Å². The maximum Gasteiger partial charge on any atom is 0.257 e. The zero-order valence-corrected chi connectivity index (χ0v) is 33.3. The summed E-state index contributed by atoms with van der Waals surface area (Å²) in [6.45, 7) is 4.80. The van der Waals surface area contributed by atoms with E-state index in [-0.39, 0.29) is 23.6 Å². The van der Waals surface area contributed by atoms with Crippen LogP contribution in [-0.4, -0.2) is 59.3 Å². The molecular formula is C43H37Cl3N8O4. The van der Waals surface area contributed by atoms with Gasteiger partial charge in [-0.05, 0) is 91.9 Å². The largest absolute Gasteiger partial charge is 0.354 e. The minimum atomic E-state index is -0.350. The number of rotatable bonds is 9. The van der Waals surface area contributed by atoms with E-state index in [1.54, 1.807) is 103 Å². The van der Waals surface area contributed by atoms with Crippen molar-refractivity contribution in [3.63, 3.8) is 0 Å². The minimum absolute atomic E-state index is 0.280. The number of hydrogen-bond donors (Lipinski definition) is 5. The number of hydrogen-bond acceptors (Lipinski definition) is 8. The number of halogens is 3.